The van der Waals surface area contributed by atoms with Gasteiger partial charge in [-0.2, -0.15) is 0 Å². The number of carbonyl (C=O) groups is 3. The average molecular weight is 334 g/mol. The van der Waals surface area contributed by atoms with Crippen molar-refractivity contribution in [3.05, 3.63) is 24.3 Å². The van der Waals surface area contributed by atoms with E-state index in [0.717, 1.165) is 0 Å². The number of rotatable bonds is 6. The van der Waals surface area contributed by atoms with E-state index >= 15 is 0 Å². The fourth-order valence-corrected chi connectivity index (χ4v) is 2.63. The number of nitrogens with zero attached hydrogens (tertiary/aromatic N) is 1. The number of likely N-dealkylation sites (N-methyl/N-ethyl adjacent to an activating group) is 1. The molecule has 0 aliphatic heterocycles. The summed E-state index contributed by atoms with van der Waals surface area (Å²) in [4.78, 5) is 36.2. The van der Waals surface area contributed by atoms with Crippen molar-refractivity contribution < 1.29 is 24.2 Å². The molecule has 1 saturated carbocycles. The molecule has 1 aliphatic carbocycles. The van der Waals surface area contributed by atoms with Crippen LogP contribution in [0.1, 0.15) is 19.3 Å². The standard InChI is InChI=1S/C17H22N2O5/c1-19(2)15(20)10-24-14-5-3-4-13(9-14)18-16(21)11-6-7-12(8-11)17(22)23/h3-5,9,11-12H,6-8,10H2,1-2H3,(H,18,21)(H,22,23)/t11-,12+/m1/s1. The molecule has 0 radical (unpaired) electrons. The summed E-state index contributed by atoms with van der Waals surface area (Å²) in [5, 5.41) is 11.8. The van der Waals surface area contributed by atoms with E-state index < -0.39 is 11.9 Å². The highest BCUT2D eigenvalue weighted by Gasteiger charge is 2.33. The first-order chi connectivity index (χ1) is 11.4. The number of hydrogen-bond acceptors (Lipinski definition) is 4. The predicted octanol–water partition coefficient (Wildman–Crippen LogP) is 1.59. The fraction of sp³-hybridized carbons (Fsp3) is 0.471. The van der Waals surface area contributed by atoms with E-state index in [0.29, 0.717) is 30.7 Å². The van der Waals surface area contributed by atoms with Crippen LogP contribution in [-0.4, -0.2) is 48.5 Å². The van der Waals surface area contributed by atoms with Crippen molar-refractivity contribution in [2.75, 3.05) is 26.0 Å². The van der Waals surface area contributed by atoms with E-state index in [2.05, 4.69) is 5.32 Å². The zero-order valence-electron chi connectivity index (χ0n) is 13.8. The summed E-state index contributed by atoms with van der Waals surface area (Å²) in [5.41, 5.74) is 0.563. The Morgan fingerprint density at radius 1 is 1.25 bits per heavy atom. The largest absolute Gasteiger partial charge is 0.484 e. The highest BCUT2D eigenvalue weighted by molar-refractivity contribution is 5.93. The smallest absolute Gasteiger partial charge is 0.306 e. The Bertz CT molecular complexity index is 629. The number of aliphatic carboxylic acids is 1. The van der Waals surface area contributed by atoms with E-state index in [1.54, 1.807) is 38.4 Å². The molecule has 1 fully saturated rings. The number of carboxylic acids is 1. The summed E-state index contributed by atoms with van der Waals surface area (Å²) in [6.07, 6.45) is 1.48. The first-order valence-corrected chi connectivity index (χ1v) is 7.83. The second kappa shape index (κ2) is 7.81. The summed E-state index contributed by atoms with van der Waals surface area (Å²) >= 11 is 0. The van der Waals surface area contributed by atoms with Crippen LogP contribution < -0.4 is 10.1 Å². The lowest BCUT2D eigenvalue weighted by Crippen LogP contribution is -2.27. The number of amides is 2. The van der Waals surface area contributed by atoms with Crippen LogP contribution in [0, 0.1) is 11.8 Å². The van der Waals surface area contributed by atoms with Crippen molar-refractivity contribution in [2.45, 2.75) is 19.3 Å². The van der Waals surface area contributed by atoms with Gasteiger partial charge < -0.3 is 20.1 Å². The molecular formula is C17H22N2O5. The van der Waals surface area contributed by atoms with Crippen molar-refractivity contribution in [3.8, 4) is 5.75 Å². The Labute approximate surface area is 140 Å². The lowest BCUT2D eigenvalue weighted by atomic mass is 10.0. The zero-order chi connectivity index (χ0) is 17.7. The van der Waals surface area contributed by atoms with Gasteiger partial charge in [-0.25, -0.2) is 0 Å². The van der Waals surface area contributed by atoms with Crippen LogP contribution in [0.5, 0.6) is 5.75 Å². The Balaban J connectivity index is 1.91. The van der Waals surface area contributed by atoms with Gasteiger partial charge in [0.05, 0.1) is 5.92 Å². The van der Waals surface area contributed by atoms with Gasteiger partial charge in [-0.05, 0) is 31.4 Å². The van der Waals surface area contributed by atoms with Crippen molar-refractivity contribution >= 4 is 23.5 Å². The van der Waals surface area contributed by atoms with Gasteiger partial charge in [0, 0.05) is 31.8 Å². The van der Waals surface area contributed by atoms with E-state index in [4.69, 9.17) is 9.84 Å². The molecular weight excluding hydrogens is 312 g/mol. The van der Waals surface area contributed by atoms with Crippen LogP contribution in [0.2, 0.25) is 0 Å². The normalized spacial score (nSPS) is 19.6. The predicted molar refractivity (Wildman–Crippen MR) is 87.7 cm³/mol. The first-order valence-electron chi connectivity index (χ1n) is 7.83. The molecule has 1 aromatic rings. The molecule has 0 spiro atoms. The molecule has 2 N–H and O–H groups in total. The maximum absolute atomic E-state index is 12.2. The van der Waals surface area contributed by atoms with Gasteiger partial charge in [-0.15, -0.1) is 0 Å². The molecule has 1 aliphatic rings. The molecule has 0 unspecified atom stereocenters. The molecule has 2 amide bonds. The number of hydrogen-bond donors (Lipinski definition) is 2. The molecule has 1 aromatic carbocycles. The molecule has 0 heterocycles. The van der Waals surface area contributed by atoms with E-state index in [1.165, 1.54) is 4.90 Å². The van der Waals surface area contributed by atoms with Gasteiger partial charge in [0.25, 0.3) is 5.91 Å². The third-order valence-corrected chi connectivity index (χ3v) is 4.12. The molecule has 24 heavy (non-hydrogen) atoms. The summed E-state index contributed by atoms with van der Waals surface area (Å²) in [6.45, 7) is -0.0761. The van der Waals surface area contributed by atoms with Crippen LogP contribution in [-0.2, 0) is 14.4 Å². The highest BCUT2D eigenvalue weighted by Crippen LogP contribution is 2.32. The molecule has 7 heteroatoms. The van der Waals surface area contributed by atoms with Gasteiger partial charge in [0.2, 0.25) is 5.91 Å². The van der Waals surface area contributed by atoms with Crippen molar-refractivity contribution in [2.24, 2.45) is 11.8 Å². The van der Waals surface area contributed by atoms with Gasteiger partial charge in [-0.1, -0.05) is 6.07 Å². The van der Waals surface area contributed by atoms with Crippen molar-refractivity contribution in [1.29, 1.82) is 0 Å². The number of carbonyl (C=O) groups excluding carboxylic acids is 2. The molecule has 2 rings (SSSR count). The third kappa shape index (κ3) is 4.71. The third-order valence-electron chi connectivity index (χ3n) is 4.12. The monoisotopic (exact) mass is 334 g/mol. The molecule has 130 valence electrons. The molecule has 0 aromatic heterocycles. The number of benzene rings is 1. The maximum atomic E-state index is 12.2. The van der Waals surface area contributed by atoms with Crippen LogP contribution >= 0.6 is 0 Å². The first kappa shape index (κ1) is 17.8. The van der Waals surface area contributed by atoms with Crippen LogP contribution in [0.3, 0.4) is 0 Å². The number of anilines is 1. The minimum absolute atomic E-state index is 0.0761. The topological polar surface area (TPSA) is 95.9 Å². The minimum Gasteiger partial charge on any atom is -0.484 e. The van der Waals surface area contributed by atoms with Crippen molar-refractivity contribution in [3.63, 3.8) is 0 Å². The summed E-state index contributed by atoms with van der Waals surface area (Å²) < 4.78 is 5.41. The Morgan fingerprint density at radius 2 is 1.96 bits per heavy atom. The average Bonchev–Trinajstić information content (AvgIpc) is 3.03. The molecule has 7 nitrogen and oxygen atoms in total. The number of ether oxygens (including phenoxy) is 1. The SMILES string of the molecule is CN(C)C(=O)COc1cccc(NC(=O)[C@@H]2CC[C@H](C(=O)O)C2)c1. The fourth-order valence-electron chi connectivity index (χ4n) is 2.63. The van der Waals surface area contributed by atoms with Gasteiger partial charge in [0.1, 0.15) is 5.75 Å². The second-order valence-corrected chi connectivity index (χ2v) is 6.14. The van der Waals surface area contributed by atoms with Gasteiger partial charge in [-0.3, -0.25) is 14.4 Å². The number of carboxylic acid groups (broad SMARTS) is 1. The van der Waals surface area contributed by atoms with Gasteiger partial charge in [0.15, 0.2) is 6.61 Å². The Morgan fingerprint density at radius 3 is 2.58 bits per heavy atom. The van der Waals surface area contributed by atoms with Crippen LogP contribution in [0.25, 0.3) is 0 Å². The van der Waals surface area contributed by atoms with Crippen molar-refractivity contribution in [1.82, 2.24) is 4.90 Å². The Kier molecular flexibility index (Phi) is 5.78. The van der Waals surface area contributed by atoms with Crippen LogP contribution in [0.15, 0.2) is 24.3 Å². The lowest BCUT2D eigenvalue weighted by molar-refractivity contribution is -0.141. The molecule has 0 bridgehead atoms. The summed E-state index contributed by atoms with van der Waals surface area (Å²) in [7, 11) is 3.29. The number of nitrogens with one attached hydrogen (secondary N) is 1. The second-order valence-electron chi connectivity index (χ2n) is 6.14. The molecule has 0 saturated heterocycles. The minimum atomic E-state index is -0.841. The summed E-state index contributed by atoms with van der Waals surface area (Å²) in [5.74, 6) is -1.42. The molecule has 2 atom stereocenters. The zero-order valence-corrected chi connectivity index (χ0v) is 13.8. The van der Waals surface area contributed by atoms with E-state index in [9.17, 15) is 14.4 Å². The Hall–Kier alpha value is -2.57. The summed E-state index contributed by atoms with van der Waals surface area (Å²) in [6, 6.07) is 6.79. The maximum Gasteiger partial charge on any atom is 0.306 e. The lowest BCUT2D eigenvalue weighted by Gasteiger charge is -2.13. The van der Waals surface area contributed by atoms with Crippen LogP contribution in [0.4, 0.5) is 5.69 Å². The highest BCUT2D eigenvalue weighted by atomic mass is 16.5. The van der Waals surface area contributed by atoms with E-state index in [-0.39, 0.29) is 24.3 Å². The van der Waals surface area contributed by atoms with E-state index in [1.807, 2.05) is 0 Å². The van der Waals surface area contributed by atoms with Gasteiger partial charge >= 0.3 is 5.97 Å². The quantitative estimate of drug-likeness (QED) is 0.824.